The molecule has 0 saturated heterocycles. The number of aryl methyl sites for hydroxylation is 2. The van der Waals surface area contributed by atoms with Crippen LogP contribution in [0.25, 0.3) is 0 Å². The van der Waals surface area contributed by atoms with E-state index < -0.39 is 0 Å². The molecule has 0 aliphatic heterocycles. The van der Waals surface area contributed by atoms with Gasteiger partial charge in [0.2, 0.25) is 0 Å². The summed E-state index contributed by atoms with van der Waals surface area (Å²) in [5, 5.41) is 8.84. The van der Waals surface area contributed by atoms with Crippen LogP contribution in [0.5, 0.6) is 0 Å². The van der Waals surface area contributed by atoms with Crippen molar-refractivity contribution >= 4 is 11.6 Å². The molecule has 0 saturated carbocycles. The van der Waals surface area contributed by atoms with Gasteiger partial charge in [-0.05, 0) is 37.6 Å². The molecule has 100 valence electrons. The molecule has 0 unspecified atom stereocenters. The third-order valence-corrected chi connectivity index (χ3v) is 3.10. The van der Waals surface area contributed by atoms with Crippen LogP contribution in [0.2, 0.25) is 0 Å². The third-order valence-electron chi connectivity index (χ3n) is 3.10. The van der Waals surface area contributed by atoms with E-state index in [1.165, 1.54) is 0 Å². The molecule has 0 N–H and O–H groups in total. The van der Waals surface area contributed by atoms with Crippen LogP contribution in [0.3, 0.4) is 0 Å². The van der Waals surface area contributed by atoms with Gasteiger partial charge in [-0.1, -0.05) is 23.8 Å². The SMILES string of the molecule is Cc1ccc(N(C)C(=O)c2cccc(C#N)n2)c(C)c1. The number of hydrogen-bond donors (Lipinski definition) is 0. The molecule has 1 aromatic heterocycles. The Morgan fingerprint density at radius 2 is 2.00 bits per heavy atom. The fraction of sp³-hybridized carbons (Fsp3) is 0.188. The van der Waals surface area contributed by atoms with Gasteiger partial charge in [0.1, 0.15) is 17.5 Å². The Hall–Kier alpha value is -2.67. The summed E-state index contributed by atoms with van der Waals surface area (Å²) in [6.07, 6.45) is 0. The van der Waals surface area contributed by atoms with Gasteiger partial charge in [0.05, 0.1) is 0 Å². The zero-order valence-electron chi connectivity index (χ0n) is 11.7. The monoisotopic (exact) mass is 265 g/mol. The third kappa shape index (κ3) is 2.67. The molecule has 2 rings (SSSR count). The molecule has 1 heterocycles. The molecule has 2 aromatic rings. The van der Waals surface area contributed by atoms with Crippen molar-refractivity contribution in [1.82, 2.24) is 4.98 Å². The summed E-state index contributed by atoms with van der Waals surface area (Å²) in [4.78, 5) is 18.0. The molecular formula is C16H15N3O. The standard InChI is InChI=1S/C16H15N3O/c1-11-7-8-15(12(2)9-11)19(3)16(20)14-6-4-5-13(10-17)18-14/h4-9H,1-3H3. The molecule has 1 amide bonds. The van der Waals surface area contributed by atoms with E-state index in [-0.39, 0.29) is 17.3 Å². The van der Waals surface area contributed by atoms with Crippen molar-refractivity contribution in [2.75, 3.05) is 11.9 Å². The summed E-state index contributed by atoms with van der Waals surface area (Å²) in [6, 6.07) is 12.7. The molecule has 20 heavy (non-hydrogen) atoms. The van der Waals surface area contributed by atoms with Crippen LogP contribution in [0, 0.1) is 25.2 Å². The first-order chi connectivity index (χ1) is 9.52. The van der Waals surface area contributed by atoms with E-state index in [1.807, 2.05) is 38.1 Å². The predicted molar refractivity (Wildman–Crippen MR) is 77.6 cm³/mol. The van der Waals surface area contributed by atoms with Gasteiger partial charge in [0, 0.05) is 12.7 Å². The summed E-state index contributed by atoms with van der Waals surface area (Å²) in [6.45, 7) is 3.97. The summed E-state index contributed by atoms with van der Waals surface area (Å²) in [7, 11) is 1.71. The Morgan fingerprint density at radius 3 is 2.65 bits per heavy atom. The zero-order valence-corrected chi connectivity index (χ0v) is 11.7. The Bertz CT molecular complexity index is 701. The lowest BCUT2D eigenvalue weighted by atomic mass is 10.1. The Labute approximate surface area is 118 Å². The van der Waals surface area contributed by atoms with E-state index in [4.69, 9.17) is 5.26 Å². The second-order valence-electron chi connectivity index (χ2n) is 4.67. The van der Waals surface area contributed by atoms with Gasteiger partial charge >= 0.3 is 0 Å². The first-order valence-electron chi connectivity index (χ1n) is 6.25. The quantitative estimate of drug-likeness (QED) is 0.839. The molecule has 0 aliphatic carbocycles. The first-order valence-corrected chi connectivity index (χ1v) is 6.25. The number of carbonyl (C=O) groups excluding carboxylic acids is 1. The summed E-state index contributed by atoms with van der Waals surface area (Å²) >= 11 is 0. The average Bonchev–Trinajstić information content (AvgIpc) is 2.46. The number of nitriles is 1. The fourth-order valence-corrected chi connectivity index (χ4v) is 2.08. The van der Waals surface area contributed by atoms with Gasteiger partial charge in [-0.3, -0.25) is 4.79 Å². The van der Waals surface area contributed by atoms with Crippen LogP contribution in [-0.4, -0.2) is 17.9 Å². The van der Waals surface area contributed by atoms with Gasteiger partial charge in [-0.2, -0.15) is 5.26 Å². The highest BCUT2D eigenvalue weighted by Crippen LogP contribution is 2.21. The van der Waals surface area contributed by atoms with Crippen LogP contribution in [-0.2, 0) is 0 Å². The smallest absolute Gasteiger partial charge is 0.276 e. The lowest BCUT2D eigenvalue weighted by molar-refractivity contribution is 0.0988. The van der Waals surface area contributed by atoms with Crippen LogP contribution >= 0.6 is 0 Å². The van der Waals surface area contributed by atoms with Gasteiger partial charge in [0.15, 0.2) is 0 Å². The molecule has 1 aromatic carbocycles. The summed E-state index contributed by atoms with van der Waals surface area (Å²) in [5.74, 6) is -0.228. The van der Waals surface area contributed by atoms with E-state index in [1.54, 1.807) is 30.1 Å². The first kappa shape index (κ1) is 13.8. The number of carbonyl (C=O) groups is 1. The topological polar surface area (TPSA) is 57.0 Å². The second-order valence-corrected chi connectivity index (χ2v) is 4.67. The van der Waals surface area contributed by atoms with Gasteiger partial charge in [-0.25, -0.2) is 4.98 Å². The number of anilines is 1. The highest BCUT2D eigenvalue weighted by Gasteiger charge is 2.16. The number of hydrogen-bond acceptors (Lipinski definition) is 3. The normalized spacial score (nSPS) is 9.90. The highest BCUT2D eigenvalue weighted by atomic mass is 16.2. The Kier molecular flexibility index (Phi) is 3.81. The molecule has 0 aliphatic rings. The predicted octanol–water partition coefficient (Wildman–Crippen LogP) is 2.85. The number of aromatic nitrogens is 1. The lowest BCUT2D eigenvalue weighted by Crippen LogP contribution is -2.27. The van der Waals surface area contributed by atoms with Crippen molar-refractivity contribution in [3.63, 3.8) is 0 Å². The van der Waals surface area contributed by atoms with E-state index >= 15 is 0 Å². The van der Waals surface area contributed by atoms with E-state index in [0.29, 0.717) is 0 Å². The maximum atomic E-state index is 12.4. The van der Waals surface area contributed by atoms with Gasteiger partial charge < -0.3 is 4.90 Å². The molecule has 0 fully saturated rings. The summed E-state index contributed by atoms with van der Waals surface area (Å²) in [5.41, 5.74) is 3.52. The molecule has 4 nitrogen and oxygen atoms in total. The Balaban J connectivity index is 2.35. The maximum Gasteiger partial charge on any atom is 0.276 e. The molecule has 0 bridgehead atoms. The minimum Gasteiger partial charge on any atom is -0.310 e. The minimum atomic E-state index is -0.228. The van der Waals surface area contributed by atoms with E-state index in [9.17, 15) is 4.79 Å². The molecule has 0 radical (unpaired) electrons. The van der Waals surface area contributed by atoms with Crippen molar-refractivity contribution in [2.45, 2.75) is 13.8 Å². The largest absolute Gasteiger partial charge is 0.310 e. The van der Waals surface area contributed by atoms with Crippen molar-refractivity contribution < 1.29 is 4.79 Å². The van der Waals surface area contributed by atoms with E-state index in [0.717, 1.165) is 16.8 Å². The number of benzene rings is 1. The molecular weight excluding hydrogens is 250 g/mol. The average molecular weight is 265 g/mol. The maximum absolute atomic E-state index is 12.4. The minimum absolute atomic E-state index is 0.228. The number of pyridine rings is 1. The van der Waals surface area contributed by atoms with Crippen LogP contribution < -0.4 is 4.90 Å². The fourth-order valence-electron chi connectivity index (χ4n) is 2.08. The highest BCUT2D eigenvalue weighted by molar-refractivity contribution is 6.04. The van der Waals surface area contributed by atoms with Gasteiger partial charge in [0.25, 0.3) is 5.91 Å². The van der Waals surface area contributed by atoms with E-state index in [2.05, 4.69) is 4.98 Å². The zero-order chi connectivity index (χ0) is 14.7. The van der Waals surface area contributed by atoms with Crippen LogP contribution in [0.15, 0.2) is 36.4 Å². The van der Waals surface area contributed by atoms with Gasteiger partial charge in [-0.15, -0.1) is 0 Å². The van der Waals surface area contributed by atoms with Crippen molar-refractivity contribution in [1.29, 1.82) is 5.26 Å². The van der Waals surface area contributed by atoms with Crippen molar-refractivity contribution in [2.24, 2.45) is 0 Å². The molecule has 0 spiro atoms. The molecule has 0 atom stereocenters. The lowest BCUT2D eigenvalue weighted by Gasteiger charge is -2.19. The summed E-state index contributed by atoms with van der Waals surface area (Å²) < 4.78 is 0. The number of amides is 1. The number of rotatable bonds is 2. The van der Waals surface area contributed by atoms with Crippen molar-refractivity contribution in [3.8, 4) is 6.07 Å². The second kappa shape index (κ2) is 5.54. The Morgan fingerprint density at radius 1 is 1.25 bits per heavy atom. The van der Waals surface area contributed by atoms with Crippen LogP contribution in [0.1, 0.15) is 27.3 Å². The molecule has 4 heteroatoms. The van der Waals surface area contributed by atoms with Crippen molar-refractivity contribution in [3.05, 3.63) is 58.9 Å². The number of nitrogens with zero attached hydrogens (tertiary/aromatic N) is 3. The van der Waals surface area contributed by atoms with Crippen LogP contribution in [0.4, 0.5) is 5.69 Å².